The van der Waals surface area contributed by atoms with Gasteiger partial charge in [0.1, 0.15) is 11.5 Å². The normalized spacial score (nSPS) is 10.9. The van der Waals surface area contributed by atoms with E-state index in [0.29, 0.717) is 5.56 Å². The first-order valence-electron chi connectivity index (χ1n) is 5.07. The van der Waals surface area contributed by atoms with Gasteiger partial charge < -0.3 is 0 Å². The molecule has 0 aliphatic rings. The molecule has 1 aromatic carbocycles. The maximum atomic E-state index is 13.0. The standard InChI is InChI=1S/C12H8ClF3N2/c13-5-8-6-17-12(18-10(8)11(15)16)7-2-1-3-9(14)4-7/h1-4,6,11H,5H2. The Morgan fingerprint density at radius 2 is 2.06 bits per heavy atom. The van der Waals surface area contributed by atoms with E-state index in [9.17, 15) is 13.2 Å². The van der Waals surface area contributed by atoms with Gasteiger partial charge in [-0.05, 0) is 12.1 Å². The van der Waals surface area contributed by atoms with Crippen LogP contribution in [0.15, 0.2) is 30.5 Å². The van der Waals surface area contributed by atoms with Crippen molar-refractivity contribution in [3.05, 3.63) is 47.5 Å². The second-order valence-corrected chi connectivity index (χ2v) is 3.82. The molecule has 0 aliphatic heterocycles. The van der Waals surface area contributed by atoms with Gasteiger partial charge in [-0.2, -0.15) is 0 Å². The largest absolute Gasteiger partial charge is 0.280 e. The summed E-state index contributed by atoms with van der Waals surface area (Å²) in [7, 11) is 0. The van der Waals surface area contributed by atoms with E-state index < -0.39 is 17.9 Å². The van der Waals surface area contributed by atoms with Crippen molar-refractivity contribution in [1.82, 2.24) is 9.97 Å². The maximum absolute atomic E-state index is 13.0. The van der Waals surface area contributed by atoms with Crippen LogP contribution in [0.1, 0.15) is 17.7 Å². The third kappa shape index (κ3) is 2.61. The van der Waals surface area contributed by atoms with E-state index in [1.807, 2.05) is 0 Å². The van der Waals surface area contributed by atoms with Crippen LogP contribution in [0.5, 0.6) is 0 Å². The Kier molecular flexibility index (Phi) is 3.81. The summed E-state index contributed by atoms with van der Waals surface area (Å²) < 4.78 is 38.6. The minimum Gasteiger partial charge on any atom is -0.236 e. The molecule has 0 unspecified atom stereocenters. The van der Waals surface area contributed by atoms with Crippen molar-refractivity contribution in [3.8, 4) is 11.4 Å². The molecule has 0 aliphatic carbocycles. The van der Waals surface area contributed by atoms with Gasteiger partial charge in [-0.25, -0.2) is 23.1 Å². The molecule has 0 saturated heterocycles. The zero-order valence-electron chi connectivity index (χ0n) is 9.08. The predicted molar refractivity (Wildman–Crippen MR) is 61.9 cm³/mol. The maximum Gasteiger partial charge on any atom is 0.280 e. The average molecular weight is 273 g/mol. The van der Waals surface area contributed by atoms with E-state index in [4.69, 9.17) is 11.6 Å². The van der Waals surface area contributed by atoms with Crippen LogP contribution < -0.4 is 0 Å². The predicted octanol–water partition coefficient (Wildman–Crippen LogP) is 3.96. The van der Waals surface area contributed by atoms with Gasteiger partial charge in [0.05, 0.1) is 5.88 Å². The first kappa shape index (κ1) is 12.8. The summed E-state index contributed by atoms with van der Waals surface area (Å²) in [5, 5.41) is 0. The summed E-state index contributed by atoms with van der Waals surface area (Å²) in [5.41, 5.74) is 0.101. The molecule has 6 heteroatoms. The third-order valence-electron chi connectivity index (χ3n) is 2.33. The summed E-state index contributed by atoms with van der Waals surface area (Å²) in [4.78, 5) is 7.65. The molecule has 0 bridgehead atoms. The van der Waals surface area contributed by atoms with E-state index >= 15 is 0 Å². The molecule has 2 rings (SSSR count). The first-order valence-corrected chi connectivity index (χ1v) is 5.61. The number of hydrogen-bond acceptors (Lipinski definition) is 2. The van der Waals surface area contributed by atoms with Gasteiger partial charge in [0.15, 0.2) is 5.82 Å². The van der Waals surface area contributed by atoms with Crippen LogP contribution in [0.4, 0.5) is 13.2 Å². The summed E-state index contributed by atoms with van der Waals surface area (Å²) in [6.07, 6.45) is -1.50. The second kappa shape index (κ2) is 5.35. The van der Waals surface area contributed by atoms with Crippen LogP contribution in [-0.2, 0) is 5.88 Å². The van der Waals surface area contributed by atoms with Crippen LogP contribution in [0.2, 0.25) is 0 Å². The molecule has 94 valence electrons. The van der Waals surface area contributed by atoms with Gasteiger partial charge in [-0.3, -0.25) is 0 Å². The lowest BCUT2D eigenvalue weighted by atomic mass is 10.2. The lowest BCUT2D eigenvalue weighted by Gasteiger charge is -2.07. The van der Waals surface area contributed by atoms with E-state index in [1.165, 1.54) is 24.4 Å². The molecule has 18 heavy (non-hydrogen) atoms. The molecule has 0 fully saturated rings. The van der Waals surface area contributed by atoms with E-state index in [2.05, 4.69) is 9.97 Å². The molecule has 0 N–H and O–H groups in total. The van der Waals surface area contributed by atoms with Crippen molar-refractivity contribution in [3.63, 3.8) is 0 Å². The SMILES string of the molecule is Fc1cccc(-c2ncc(CCl)c(C(F)F)n2)c1. The molecular formula is C12H8ClF3N2. The zero-order valence-corrected chi connectivity index (χ0v) is 9.83. The van der Waals surface area contributed by atoms with Crippen LogP contribution in [0.3, 0.4) is 0 Å². The second-order valence-electron chi connectivity index (χ2n) is 3.55. The van der Waals surface area contributed by atoms with Crippen LogP contribution >= 0.6 is 11.6 Å². The molecule has 2 aromatic rings. The lowest BCUT2D eigenvalue weighted by molar-refractivity contribution is 0.145. The van der Waals surface area contributed by atoms with Crippen molar-refractivity contribution in [2.45, 2.75) is 12.3 Å². The third-order valence-corrected chi connectivity index (χ3v) is 2.62. The fourth-order valence-corrected chi connectivity index (χ4v) is 1.68. The molecule has 0 atom stereocenters. The number of rotatable bonds is 3. The van der Waals surface area contributed by atoms with Crippen LogP contribution in [-0.4, -0.2) is 9.97 Å². The molecule has 0 saturated carbocycles. The quantitative estimate of drug-likeness (QED) is 0.791. The molecule has 1 aromatic heterocycles. The highest BCUT2D eigenvalue weighted by molar-refractivity contribution is 6.17. The van der Waals surface area contributed by atoms with E-state index in [0.717, 1.165) is 0 Å². The Bertz CT molecular complexity index is 561. The van der Waals surface area contributed by atoms with E-state index in [-0.39, 0.29) is 17.3 Å². The Morgan fingerprint density at radius 1 is 1.28 bits per heavy atom. The minimum atomic E-state index is -2.74. The van der Waals surface area contributed by atoms with Crippen molar-refractivity contribution in [2.24, 2.45) is 0 Å². The first-order chi connectivity index (χ1) is 8.61. The van der Waals surface area contributed by atoms with Gasteiger partial charge in [-0.1, -0.05) is 12.1 Å². The van der Waals surface area contributed by atoms with Crippen molar-refractivity contribution in [2.75, 3.05) is 0 Å². The highest BCUT2D eigenvalue weighted by Gasteiger charge is 2.16. The van der Waals surface area contributed by atoms with Gasteiger partial charge in [0.2, 0.25) is 0 Å². The Hall–Kier alpha value is -1.62. The highest BCUT2D eigenvalue weighted by atomic mass is 35.5. The van der Waals surface area contributed by atoms with Gasteiger partial charge in [0.25, 0.3) is 6.43 Å². The molecular weight excluding hydrogens is 265 g/mol. The molecule has 1 heterocycles. The van der Waals surface area contributed by atoms with Gasteiger partial charge in [0, 0.05) is 17.3 Å². The van der Waals surface area contributed by atoms with Crippen molar-refractivity contribution >= 4 is 11.6 Å². The fourth-order valence-electron chi connectivity index (χ4n) is 1.48. The monoisotopic (exact) mass is 272 g/mol. The van der Waals surface area contributed by atoms with Crippen molar-refractivity contribution in [1.29, 1.82) is 0 Å². The Balaban J connectivity index is 2.50. The highest BCUT2D eigenvalue weighted by Crippen LogP contribution is 2.25. The topological polar surface area (TPSA) is 25.8 Å². The summed E-state index contributed by atoms with van der Waals surface area (Å²) in [5.74, 6) is -0.516. The lowest BCUT2D eigenvalue weighted by Crippen LogP contribution is -2.01. The molecule has 0 spiro atoms. The van der Waals surface area contributed by atoms with Gasteiger partial charge >= 0.3 is 0 Å². The zero-order chi connectivity index (χ0) is 13.1. The minimum absolute atomic E-state index is 0.0543. The van der Waals surface area contributed by atoms with Crippen LogP contribution in [0, 0.1) is 5.82 Å². The summed E-state index contributed by atoms with van der Waals surface area (Å²) >= 11 is 5.53. The van der Waals surface area contributed by atoms with Crippen LogP contribution in [0.25, 0.3) is 11.4 Å². The number of aromatic nitrogens is 2. The number of halogens is 4. The van der Waals surface area contributed by atoms with Gasteiger partial charge in [-0.15, -0.1) is 11.6 Å². The Labute approximate surface area is 106 Å². The Morgan fingerprint density at radius 3 is 2.67 bits per heavy atom. The average Bonchev–Trinajstić information content (AvgIpc) is 2.38. The number of nitrogens with zero attached hydrogens (tertiary/aromatic N) is 2. The fraction of sp³-hybridized carbons (Fsp3) is 0.167. The molecule has 2 nitrogen and oxygen atoms in total. The van der Waals surface area contributed by atoms with E-state index in [1.54, 1.807) is 6.07 Å². The van der Waals surface area contributed by atoms with Crippen molar-refractivity contribution < 1.29 is 13.2 Å². The summed E-state index contributed by atoms with van der Waals surface area (Å²) in [6.45, 7) is 0. The number of alkyl halides is 3. The molecule has 0 amide bonds. The number of benzene rings is 1. The smallest absolute Gasteiger partial charge is 0.236 e. The number of hydrogen-bond donors (Lipinski definition) is 0. The molecule has 0 radical (unpaired) electrons. The summed E-state index contributed by atoms with van der Waals surface area (Å²) in [6, 6.07) is 5.45.